The number of rotatable bonds is 2. The minimum Gasteiger partial charge on any atom is -0.408 e. The summed E-state index contributed by atoms with van der Waals surface area (Å²) in [6, 6.07) is 9.99. The average molecular weight is 434 g/mol. The minimum absolute atomic E-state index is 0.160. The topological polar surface area (TPSA) is 133 Å². The standard InChI is InChI=1S/C22H18N4O6/c27-19(13-3-1-5-15-17(13)23-21(29)31-15)25-7-11-9-26(10-12(11)8-25)20(28)14-4-2-6-16-18(14)24-22(30)32-16/h1-6,11-12H,7-10H2,(H,23,29)(H,24,30). The van der Waals surface area contributed by atoms with Gasteiger partial charge in [0.1, 0.15) is 0 Å². The van der Waals surface area contributed by atoms with Gasteiger partial charge in [0.05, 0.1) is 22.2 Å². The van der Waals surface area contributed by atoms with Crippen LogP contribution in [-0.4, -0.2) is 57.8 Å². The van der Waals surface area contributed by atoms with Crippen LogP contribution in [0.3, 0.4) is 0 Å². The second kappa shape index (κ2) is 6.71. The van der Waals surface area contributed by atoms with E-state index in [-0.39, 0.29) is 23.7 Å². The van der Waals surface area contributed by atoms with Gasteiger partial charge in [-0.25, -0.2) is 9.59 Å². The highest BCUT2D eigenvalue weighted by molar-refractivity contribution is 6.05. The van der Waals surface area contributed by atoms with Gasteiger partial charge in [-0.2, -0.15) is 0 Å². The van der Waals surface area contributed by atoms with Gasteiger partial charge in [0.2, 0.25) is 0 Å². The van der Waals surface area contributed by atoms with Crippen LogP contribution in [0.25, 0.3) is 22.2 Å². The number of para-hydroxylation sites is 2. The molecule has 2 fully saturated rings. The van der Waals surface area contributed by atoms with Gasteiger partial charge in [0.15, 0.2) is 11.2 Å². The van der Waals surface area contributed by atoms with Crippen molar-refractivity contribution in [2.24, 2.45) is 11.8 Å². The summed E-state index contributed by atoms with van der Waals surface area (Å²) in [4.78, 5) is 58.0. The van der Waals surface area contributed by atoms with Crippen molar-refractivity contribution in [3.8, 4) is 0 Å². The second-order valence-electron chi connectivity index (χ2n) is 8.33. The molecule has 0 aliphatic carbocycles. The molecule has 2 aromatic carbocycles. The van der Waals surface area contributed by atoms with Crippen molar-refractivity contribution in [1.82, 2.24) is 19.8 Å². The lowest BCUT2D eigenvalue weighted by atomic mass is 10.0. The molecule has 2 amide bonds. The zero-order valence-corrected chi connectivity index (χ0v) is 16.8. The van der Waals surface area contributed by atoms with E-state index in [1.165, 1.54) is 0 Å². The third kappa shape index (κ3) is 2.79. The number of amides is 2. The van der Waals surface area contributed by atoms with Crippen LogP contribution in [0.5, 0.6) is 0 Å². The van der Waals surface area contributed by atoms with E-state index in [2.05, 4.69) is 9.97 Å². The lowest BCUT2D eigenvalue weighted by Gasteiger charge is -2.22. The van der Waals surface area contributed by atoms with Crippen molar-refractivity contribution in [2.45, 2.75) is 0 Å². The first-order chi connectivity index (χ1) is 15.5. The third-order valence-corrected chi connectivity index (χ3v) is 6.43. The fourth-order valence-corrected chi connectivity index (χ4v) is 4.97. The van der Waals surface area contributed by atoms with Crippen molar-refractivity contribution in [1.29, 1.82) is 0 Å². The van der Waals surface area contributed by atoms with Crippen molar-refractivity contribution in [3.63, 3.8) is 0 Å². The first-order valence-electron chi connectivity index (χ1n) is 10.3. The lowest BCUT2D eigenvalue weighted by Crippen LogP contribution is -2.35. The Balaban J connectivity index is 1.20. The SMILES string of the molecule is O=C(c1cccc2oc(=O)[nH]c12)N1CC2CN(C(=O)c3cccc4oc(=O)[nH]c34)CC2C1. The van der Waals surface area contributed by atoms with Crippen LogP contribution in [0.4, 0.5) is 0 Å². The molecular weight excluding hydrogens is 416 g/mol. The van der Waals surface area contributed by atoms with Crippen molar-refractivity contribution in [2.75, 3.05) is 26.2 Å². The van der Waals surface area contributed by atoms with E-state index in [9.17, 15) is 19.2 Å². The maximum atomic E-state index is 13.1. The number of benzene rings is 2. The lowest BCUT2D eigenvalue weighted by molar-refractivity contribution is 0.0740. The third-order valence-electron chi connectivity index (χ3n) is 6.43. The first-order valence-corrected chi connectivity index (χ1v) is 10.3. The summed E-state index contributed by atoms with van der Waals surface area (Å²) in [5.74, 6) is -1.20. The second-order valence-corrected chi connectivity index (χ2v) is 8.33. The molecule has 2 aliphatic rings. The van der Waals surface area contributed by atoms with Crippen molar-refractivity contribution < 1.29 is 18.4 Å². The Labute approximate surface area is 179 Å². The molecular formula is C22H18N4O6. The maximum Gasteiger partial charge on any atom is 0.417 e. The number of H-pyrrole nitrogens is 2. The number of aromatic nitrogens is 2. The zero-order valence-electron chi connectivity index (χ0n) is 16.8. The van der Waals surface area contributed by atoms with E-state index >= 15 is 0 Å². The van der Waals surface area contributed by atoms with Crippen LogP contribution in [0.1, 0.15) is 20.7 Å². The van der Waals surface area contributed by atoms with Gasteiger partial charge in [-0.15, -0.1) is 0 Å². The van der Waals surface area contributed by atoms with Gasteiger partial charge in [0, 0.05) is 38.0 Å². The minimum atomic E-state index is -0.596. The molecule has 0 bridgehead atoms. The molecule has 0 radical (unpaired) electrons. The Morgan fingerprint density at radius 2 is 1.12 bits per heavy atom. The Bertz CT molecular complexity index is 1380. The number of nitrogens with one attached hydrogen (secondary N) is 2. The highest BCUT2D eigenvalue weighted by atomic mass is 16.4. The molecule has 4 aromatic rings. The van der Waals surface area contributed by atoms with E-state index in [0.717, 1.165) is 0 Å². The highest BCUT2D eigenvalue weighted by Gasteiger charge is 2.43. The van der Waals surface area contributed by atoms with Crippen molar-refractivity contribution >= 4 is 34.0 Å². The molecule has 32 heavy (non-hydrogen) atoms. The molecule has 2 saturated heterocycles. The first kappa shape index (κ1) is 18.7. The largest absolute Gasteiger partial charge is 0.417 e. The van der Waals surface area contributed by atoms with Gasteiger partial charge in [0.25, 0.3) is 11.8 Å². The summed E-state index contributed by atoms with van der Waals surface area (Å²) in [5, 5.41) is 0. The average Bonchev–Trinajstić information content (AvgIpc) is 3.51. The van der Waals surface area contributed by atoms with Crippen molar-refractivity contribution in [3.05, 3.63) is 68.6 Å². The Kier molecular flexibility index (Phi) is 3.91. The van der Waals surface area contributed by atoms with Gasteiger partial charge in [-0.05, 0) is 24.3 Å². The predicted molar refractivity (Wildman–Crippen MR) is 112 cm³/mol. The number of hydrogen-bond acceptors (Lipinski definition) is 6. The van der Waals surface area contributed by atoms with Crippen LogP contribution >= 0.6 is 0 Å². The molecule has 2 aliphatic heterocycles. The number of carbonyl (C=O) groups is 2. The van der Waals surface area contributed by atoms with E-state index < -0.39 is 11.5 Å². The normalized spacial score (nSPS) is 20.4. The van der Waals surface area contributed by atoms with E-state index in [1.54, 1.807) is 46.2 Å². The molecule has 0 unspecified atom stereocenters. The Morgan fingerprint density at radius 3 is 1.53 bits per heavy atom. The highest BCUT2D eigenvalue weighted by Crippen LogP contribution is 2.33. The van der Waals surface area contributed by atoms with Crippen LogP contribution in [0.15, 0.2) is 54.8 Å². The molecule has 162 valence electrons. The smallest absolute Gasteiger partial charge is 0.408 e. The summed E-state index contributed by atoms with van der Waals surface area (Å²) in [7, 11) is 0. The molecule has 2 aromatic heterocycles. The molecule has 0 atom stereocenters. The molecule has 0 spiro atoms. The van der Waals surface area contributed by atoms with Gasteiger partial charge >= 0.3 is 11.5 Å². The van der Waals surface area contributed by atoms with E-state index in [4.69, 9.17) is 8.83 Å². The predicted octanol–water partition coefficient (Wildman–Crippen LogP) is 1.40. The zero-order chi connectivity index (χ0) is 22.0. The Hall–Kier alpha value is -4.08. The summed E-state index contributed by atoms with van der Waals surface area (Å²) in [6.07, 6.45) is 0. The van der Waals surface area contributed by atoms with Gasteiger partial charge in [-0.1, -0.05) is 12.1 Å². The van der Waals surface area contributed by atoms with E-state index in [1.807, 2.05) is 0 Å². The number of fused-ring (bicyclic) bond motifs is 3. The summed E-state index contributed by atoms with van der Waals surface area (Å²) in [6.45, 7) is 2.11. The Morgan fingerprint density at radius 1 is 0.719 bits per heavy atom. The monoisotopic (exact) mass is 434 g/mol. The number of carbonyl (C=O) groups excluding carboxylic acids is 2. The fraction of sp³-hybridized carbons (Fsp3) is 0.273. The fourth-order valence-electron chi connectivity index (χ4n) is 4.97. The van der Waals surface area contributed by atoms with Gasteiger partial charge < -0.3 is 18.6 Å². The molecule has 10 heteroatoms. The van der Waals surface area contributed by atoms with Gasteiger partial charge in [-0.3, -0.25) is 19.6 Å². The molecule has 0 saturated carbocycles. The summed E-state index contributed by atoms with van der Waals surface area (Å²) < 4.78 is 10.1. The number of aromatic amines is 2. The molecule has 10 nitrogen and oxygen atoms in total. The quantitative estimate of drug-likeness (QED) is 0.490. The number of hydrogen-bond donors (Lipinski definition) is 2. The molecule has 4 heterocycles. The summed E-state index contributed by atoms with van der Waals surface area (Å²) >= 11 is 0. The van der Waals surface area contributed by atoms with Crippen LogP contribution in [0, 0.1) is 11.8 Å². The maximum absolute atomic E-state index is 13.1. The van der Waals surface area contributed by atoms with Crippen LogP contribution in [0.2, 0.25) is 0 Å². The van der Waals surface area contributed by atoms with Crippen LogP contribution in [-0.2, 0) is 0 Å². The van der Waals surface area contributed by atoms with E-state index in [0.29, 0.717) is 59.5 Å². The summed E-state index contributed by atoms with van der Waals surface area (Å²) in [5.41, 5.74) is 2.30. The number of likely N-dealkylation sites (tertiary alicyclic amines) is 2. The molecule has 2 N–H and O–H groups in total. The number of nitrogens with zero attached hydrogens (tertiary/aromatic N) is 2. The van der Waals surface area contributed by atoms with Crippen LogP contribution < -0.4 is 11.5 Å². The number of oxazole rings is 2. The molecule has 6 rings (SSSR count).